The van der Waals surface area contributed by atoms with Crippen molar-refractivity contribution in [3.05, 3.63) is 5.69 Å². The Labute approximate surface area is 100 Å². The molecule has 90 valence electrons. The summed E-state index contributed by atoms with van der Waals surface area (Å²) in [7, 11) is 0. The lowest BCUT2D eigenvalue weighted by molar-refractivity contribution is 0.173. The van der Waals surface area contributed by atoms with Gasteiger partial charge in [0.15, 0.2) is 0 Å². The van der Waals surface area contributed by atoms with E-state index in [2.05, 4.69) is 26.8 Å². The van der Waals surface area contributed by atoms with E-state index in [9.17, 15) is 0 Å². The van der Waals surface area contributed by atoms with Crippen molar-refractivity contribution in [2.45, 2.75) is 32.7 Å². The van der Waals surface area contributed by atoms with Crippen LogP contribution in [0.4, 0.5) is 5.00 Å². The van der Waals surface area contributed by atoms with Gasteiger partial charge in [0.25, 0.3) is 0 Å². The van der Waals surface area contributed by atoms with Gasteiger partial charge in [-0.2, -0.15) is 0 Å². The van der Waals surface area contributed by atoms with Gasteiger partial charge in [-0.05, 0) is 31.8 Å². The molecular formula is C10H19N5S. The Morgan fingerprint density at radius 2 is 2.25 bits per heavy atom. The summed E-state index contributed by atoms with van der Waals surface area (Å²) in [6, 6.07) is 0. The van der Waals surface area contributed by atoms with Crippen LogP contribution in [0.1, 0.15) is 31.9 Å². The second-order valence-corrected chi connectivity index (χ2v) is 5.07. The number of rotatable bonds is 4. The van der Waals surface area contributed by atoms with Crippen molar-refractivity contribution in [1.29, 1.82) is 0 Å². The van der Waals surface area contributed by atoms with Gasteiger partial charge in [0, 0.05) is 18.1 Å². The van der Waals surface area contributed by atoms with Crippen LogP contribution in [0.3, 0.4) is 0 Å². The van der Waals surface area contributed by atoms with Crippen molar-refractivity contribution >= 4 is 16.5 Å². The van der Waals surface area contributed by atoms with E-state index in [1.54, 1.807) is 0 Å². The average Bonchev–Trinajstić information content (AvgIpc) is 2.77. The Hall–Kier alpha value is -0.720. The summed E-state index contributed by atoms with van der Waals surface area (Å²) in [5, 5.41) is 4.99. The topological polar surface area (TPSA) is 67.1 Å². The SMILES string of the molecule is CCC1CCN(Cc2nnsc2NN)CC1. The lowest BCUT2D eigenvalue weighted by atomic mass is 9.94. The first kappa shape index (κ1) is 11.8. The van der Waals surface area contributed by atoms with E-state index in [-0.39, 0.29) is 0 Å². The number of hydrogen-bond donors (Lipinski definition) is 2. The third-order valence-electron chi connectivity index (χ3n) is 3.34. The summed E-state index contributed by atoms with van der Waals surface area (Å²) in [5.41, 5.74) is 3.63. The number of hydrogen-bond acceptors (Lipinski definition) is 6. The number of nitrogens with two attached hydrogens (primary N) is 1. The Kier molecular flexibility index (Phi) is 4.09. The molecule has 1 aliphatic rings. The van der Waals surface area contributed by atoms with E-state index in [0.29, 0.717) is 0 Å². The van der Waals surface area contributed by atoms with Crippen LogP contribution in [-0.4, -0.2) is 27.6 Å². The quantitative estimate of drug-likeness (QED) is 0.617. The van der Waals surface area contributed by atoms with E-state index in [0.717, 1.165) is 23.2 Å². The lowest BCUT2D eigenvalue weighted by Gasteiger charge is -2.30. The van der Waals surface area contributed by atoms with Gasteiger partial charge in [0.1, 0.15) is 10.7 Å². The van der Waals surface area contributed by atoms with Crippen LogP contribution >= 0.6 is 11.5 Å². The van der Waals surface area contributed by atoms with E-state index >= 15 is 0 Å². The molecule has 6 heteroatoms. The minimum atomic E-state index is 0.868. The zero-order valence-electron chi connectivity index (χ0n) is 9.65. The molecule has 0 atom stereocenters. The summed E-state index contributed by atoms with van der Waals surface area (Å²) in [4.78, 5) is 2.43. The third-order valence-corrected chi connectivity index (χ3v) is 4.04. The zero-order chi connectivity index (χ0) is 11.4. The van der Waals surface area contributed by atoms with Crippen LogP contribution in [0, 0.1) is 5.92 Å². The molecule has 16 heavy (non-hydrogen) atoms. The van der Waals surface area contributed by atoms with Crippen LogP contribution in [0.25, 0.3) is 0 Å². The number of nitrogen functional groups attached to an aromatic ring is 1. The predicted octanol–water partition coefficient (Wildman–Crippen LogP) is 1.45. The van der Waals surface area contributed by atoms with Gasteiger partial charge in [0.05, 0.1) is 0 Å². The summed E-state index contributed by atoms with van der Waals surface area (Å²) < 4.78 is 3.91. The van der Waals surface area contributed by atoms with Gasteiger partial charge in [-0.25, -0.2) is 5.84 Å². The Morgan fingerprint density at radius 3 is 2.88 bits per heavy atom. The molecule has 0 amide bonds. The summed E-state index contributed by atoms with van der Waals surface area (Å²) in [6.07, 6.45) is 3.92. The van der Waals surface area contributed by atoms with Gasteiger partial charge in [-0.15, -0.1) is 5.10 Å². The first-order valence-electron chi connectivity index (χ1n) is 5.83. The average molecular weight is 241 g/mol. The van der Waals surface area contributed by atoms with Crippen molar-refractivity contribution in [2.24, 2.45) is 11.8 Å². The number of piperidine rings is 1. The van der Waals surface area contributed by atoms with Crippen molar-refractivity contribution in [3.63, 3.8) is 0 Å². The summed E-state index contributed by atoms with van der Waals surface area (Å²) in [5.74, 6) is 6.32. The van der Waals surface area contributed by atoms with E-state index < -0.39 is 0 Å². The van der Waals surface area contributed by atoms with Crippen molar-refractivity contribution < 1.29 is 0 Å². The predicted molar refractivity (Wildman–Crippen MR) is 66.0 cm³/mol. The molecule has 1 saturated heterocycles. The van der Waals surface area contributed by atoms with Crippen LogP contribution < -0.4 is 11.3 Å². The number of anilines is 1. The summed E-state index contributed by atoms with van der Waals surface area (Å²) >= 11 is 1.32. The molecule has 0 spiro atoms. The molecule has 1 aromatic heterocycles. The van der Waals surface area contributed by atoms with Crippen molar-refractivity contribution in [1.82, 2.24) is 14.5 Å². The molecular weight excluding hydrogens is 222 g/mol. The monoisotopic (exact) mass is 241 g/mol. The maximum absolute atomic E-state index is 5.41. The maximum Gasteiger partial charge on any atom is 0.148 e. The molecule has 1 aliphatic heterocycles. The third kappa shape index (κ3) is 2.69. The molecule has 0 bridgehead atoms. The molecule has 2 heterocycles. The first-order chi connectivity index (χ1) is 7.83. The lowest BCUT2D eigenvalue weighted by Crippen LogP contribution is -2.33. The van der Waals surface area contributed by atoms with Crippen molar-refractivity contribution in [3.8, 4) is 0 Å². The smallest absolute Gasteiger partial charge is 0.148 e. The number of aromatic nitrogens is 2. The number of likely N-dealkylation sites (tertiary alicyclic amines) is 1. The summed E-state index contributed by atoms with van der Waals surface area (Å²) in [6.45, 7) is 5.48. The molecule has 0 aromatic carbocycles. The standard InChI is InChI=1S/C10H19N5S/c1-2-8-3-5-15(6-4-8)7-9-10(12-11)16-14-13-9/h8,12H,2-7,11H2,1H3. The van der Waals surface area contributed by atoms with Gasteiger partial charge in [-0.3, -0.25) is 4.90 Å². The molecule has 2 rings (SSSR count). The van der Waals surface area contributed by atoms with Gasteiger partial charge in [0.2, 0.25) is 0 Å². The molecule has 1 aromatic rings. The molecule has 0 aliphatic carbocycles. The normalized spacial score (nSPS) is 18.9. The highest BCUT2D eigenvalue weighted by Gasteiger charge is 2.19. The van der Waals surface area contributed by atoms with Crippen LogP contribution in [0.2, 0.25) is 0 Å². The maximum atomic E-state index is 5.41. The van der Waals surface area contributed by atoms with E-state index in [1.165, 1.54) is 43.9 Å². The molecule has 3 N–H and O–H groups in total. The Balaban J connectivity index is 1.87. The highest BCUT2D eigenvalue weighted by Crippen LogP contribution is 2.23. The van der Waals surface area contributed by atoms with Gasteiger partial charge >= 0.3 is 0 Å². The molecule has 0 radical (unpaired) electrons. The van der Waals surface area contributed by atoms with E-state index in [4.69, 9.17) is 5.84 Å². The fourth-order valence-electron chi connectivity index (χ4n) is 2.19. The van der Waals surface area contributed by atoms with Crippen molar-refractivity contribution in [2.75, 3.05) is 18.5 Å². The minimum absolute atomic E-state index is 0.868. The van der Waals surface area contributed by atoms with Crippen LogP contribution in [-0.2, 0) is 6.54 Å². The van der Waals surface area contributed by atoms with E-state index in [1.807, 2.05) is 0 Å². The van der Waals surface area contributed by atoms with Crippen LogP contribution in [0.15, 0.2) is 0 Å². The number of nitrogens with zero attached hydrogens (tertiary/aromatic N) is 3. The molecule has 5 nitrogen and oxygen atoms in total. The number of nitrogens with one attached hydrogen (secondary N) is 1. The largest absolute Gasteiger partial charge is 0.313 e. The minimum Gasteiger partial charge on any atom is -0.313 e. The molecule has 1 fully saturated rings. The number of hydrazine groups is 1. The Morgan fingerprint density at radius 1 is 1.50 bits per heavy atom. The molecule has 0 unspecified atom stereocenters. The fourth-order valence-corrected chi connectivity index (χ4v) is 2.67. The van der Waals surface area contributed by atoms with Gasteiger partial charge in [-0.1, -0.05) is 17.8 Å². The fraction of sp³-hybridized carbons (Fsp3) is 0.800. The highest BCUT2D eigenvalue weighted by atomic mass is 32.1. The first-order valence-corrected chi connectivity index (χ1v) is 6.61. The second kappa shape index (κ2) is 5.56. The highest BCUT2D eigenvalue weighted by molar-refractivity contribution is 7.10. The molecule has 0 saturated carbocycles. The van der Waals surface area contributed by atoms with Crippen LogP contribution in [0.5, 0.6) is 0 Å². The second-order valence-electron chi connectivity index (χ2n) is 4.32. The van der Waals surface area contributed by atoms with Gasteiger partial charge < -0.3 is 5.43 Å². The Bertz CT molecular complexity index is 319. The zero-order valence-corrected chi connectivity index (χ0v) is 10.5.